The second kappa shape index (κ2) is 6.33. The summed E-state index contributed by atoms with van der Waals surface area (Å²) >= 11 is 12.9. The summed E-state index contributed by atoms with van der Waals surface area (Å²) in [7, 11) is 0. The third-order valence-corrected chi connectivity index (χ3v) is 5.07. The molecule has 4 nitrogen and oxygen atoms in total. The average molecular weight is 336 g/mol. The number of carbonyl (C=O) groups is 2. The van der Waals surface area contributed by atoms with Crippen LogP contribution in [0, 0.1) is 0 Å². The normalized spacial score (nSPS) is 17.7. The van der Waals surface area contributed by atoms with Gasteiger partial charge >= 0.3 is 5.97 Å². The Hall–Kier alpha value is -0.780. The molecule has 0 saturated heterocycles. The van der Waals surface area contributed by atoms with Gasteiger partial charge in [0.15, 0.2) is 0 Å². The van der Waals surface area contributed by atoms with Crippen LogP contribution in [0.25, 0.3) is 0 Å². The number of rotatable bonds is 4. The van der Waals surface area contributed by atoms with E-state index in [0.717, 1.165) is 30.6 Å². The fourth-order valence-electron chi connectivity index (χ4n) is 2.67. The highest BCUT2D eigenvalue weighted by atomic mass is 35.5. The highest BCUT2D eigenvalue weighted by molar-refractivity contribution is 7.20. The molecule has 0 aliphatic heterocycles. The molecule has 0 atom stereocenters. The molecule has 20 heavy (non-hydrogen) atoms. The number of hydrogen-bond donors (Lipinski definition) is 2. The third kappa shape index (κ3) is 3.65. The lowest BCUT2D eigenvalue weighted by atomic mass is 9.79. The van der Waals surface area contributed by atoms with E-state index < -0.39 is 11.5 Å². The molecular formula is C13H15Cl2NO3S. The van der Waals surface area contributed by atoms with Gasteiger partial charge in [-0.3, -0.25) is 9.59 Å². The molecule has 1 amide bonds. The van der Waals surface area contributed by atoms with Gasteiger partial charge in [-0.05, 0) is 18.9 Å². The second-order valence-electron chi connectivity index (χ2n) is 5.10. The lowest BCUT2D eigenvalue weighted by molar-refractivity contribution is -0.139. The Morgan fingerprint density at radius 3 is 2.45 bits per heavy atom. The van der Waals surface area contributed by atoms with Crippen LogP contribution in [-0.4, -0.2) is 22.5 Å². The first kappa shape index (κ1) is 15.6. The van der Waals surface area contributed by atoms with Crippen molar-refractivity contribution in [1.29, 1.82) is 0 Å². The van der Waals surface area contributed by atoms with Crippen molar-refractivity contribution in [2.45, 2.75) is 44.1 Å². The summed E-state index contributed by atoms with van der Waals surface area (Å²) in [5.41, 5.74) is -0.351. The molecule has 1 aromatic rings. The van der Waals surface area contributed by atoms with Crippen LogP contribution in [0.1, 0.15) is 48.9 Å². The summed E-state index contributed by atoms with van der Waals surface area (Å²) in [5, 5.41) is 12.0. The highest BCUT2D eigenvalue weighted by Gasteiger charge is 2.36. The minimum absolute atomic E-state index is 0.0613. The van der Waals surface area contributed by atoms with Gasteiger partial charge in [0, 0.05) is 0 Å². The number of nitrogens with one attached hydrogen (secondary N) is 1. The summed E-state index contributed by atoms with van der Waals surface area (Å²) in [4.78, 5) is 23.4. The minimum Gasteiger partial charge on any atom is -0.481 e. The number of amides is 1. The van der Waals surface area contributed by atoms with Crippen molar-refractivity contribution in [3.63, 3.8) is 0 Å². The smallest absolute Gasteiger partial charge is 0.305 e. The van der Waals surface area contributed by atoms with Crippen molar-refractivity contribution in [2.75, 3.05) is 0 Å². The van der Waals surface area contributed by atoms with E-state index in [-0.39, 0.29) is 12.3 Å². The Kier molecular flexibility index (Phi) is 4.94. The number of carbonyl (C=O) groups excluding carboxylic acids is 1. The number of halogens is 2. The zero-order valence-corrected chi connectivity index (χ0v) is 13.1. The van der Waals surface area contributed by atoms with Crippen molar-refractivity contribution in [3.8, 4) is 0 Å². The van der Waals surface area contributed by atoms with Crippen LogP contribution in [0.15, 0.2) is 6.07 Å². The summed E-state index contributed by atoms with van der Waals surface area (Å²) in [5.74, 6) is -1.25. The maximum atomic E-state index is 12.3. The Morgan fingerprint density at radius 2 is 1.95 bits per heavy atom. The summed E-state index contributed by atoms with van der Waals surface area (Å²) in [6, 6.07) is 1.52. The van der Waals surface area contributed by atoms with Crippen LogP contribution in [0.4, 0.5) is 0 Å². The topological polar surface area (TPSA) is 66.4 Å². The molecule has 1 saturated carbocycles. The third-order valence-electron chi connectivity index (χ3n) is 3.58. The van der Waals surface area contributed by atoms with Crippen LogP contribution in [-0.2, 0) is 4.79 Å². The first-order valence-electron chi connectivity index (χ1n) is 6.41. The molecule has 0 radical (unpaired) electrons. The maximum Gasteiger partial charge on any atom is 0.305 e. The van der Waals surface area contributed by atoms with Crippen molar-refractivity contribution >= 4 is 46.4 Å². The Morgan fingerprint density at radius 1 is 1.30 bits per heavy atom. The predicted molar refractivity (Wildman–Crippen MR) is 79.9 cm³/mol. The Balaban J connectivity index is 2.17. The molecule has 1 aliphatic carbocycles. The summed E-state index contributed by atoms with van der Waals surface area (Å²) in [6.07, 6.45) is 4.22. The van der Waals surface area contributed by atoms with Gasteiger partial charge in [-0.15, -0.1) is 11.3 Å². The maximum absolute atomic E-state index is 12.3. The predicted octanol–water partition coefficient (Wildman–Crippen LogP) is 3.96. The van der Waals surface area contributed by atoms with Crippen molar-refractivity contribution in [1.82, 2.24) is 5.32 Å². The standard InChI is InChI=1S/C13H15Cl2NO3S/c14-9-6-8(11(15)20-9)12(19)16-13(7-10(17)18)4-2-1-3-5-13/h6H,1-5,7H2,(H,16,19)(H,17,18). The van der Waals surface area contributed by atoms with E-state index in [1.165, 1.54) is 6.07 Å². The van der Waals surface area contributed by atoms with Gasteiger partial charge in [-0.25, -0.2) is 0 Å². The van der Waals surface area contributed by atoms with Crippen LogP contribution >= 0.6 is 34.5 Å². The molecule has 110 valence electrons. The number of thiophene rings is 1. The van der Waals surface area contributed by atoms with Gasteiger partial charge in [0.2, 0.25) is 0 Å². The van der Waals surface area contributed by atoms with Crippen LogP contribution in [0.3, 0.4) is 0 Å². The van der Waals surface area contributed by atoms with E-state index in [4.69, 9.17) is 28.3 Å². The van der Waals surface area contributed by atoms with E-state index in [1.807, 2.05) is 0 Å². The van der Waals surface area contributed by atoms with E-state index in [9.17, 15) is 9.59 Å². The first-order chi connectivity index (χ1) is 9.42. The van der Waals surface area contributed by atoms with E-state index in [0.29, 0.717) is 27.1 Å². The van der Waals surface area contributed by atoms with Gasteiger partial charge < -0.3 is 10.4 Å². The van der Waals surface area contributed by atoms with Gasteiger partial charge in [-0.2, -0.15) is 0 Å². The zero-order chi connectivity index (χ0) is 14.8. The molecule has 0 aromatic carbocycles. The molecule has 1 aliphatic rings. The number of carboxylic acid groups (broad SMARTS) is 1. The molecule has 1 fully saturated rings. The van der Waals surface area contributed by atoms with E-state index in [2.05, 4.69) is 5.32 Å². The highest BCUT2D eigenvalue weighted by Crippen LogP contribution is 2.34. The number of carboxylic acids is 1. The summed E-state index contributed by atoms with van der Waals surface area (Å²) in [6.45, 7) is 0. The fourth-order valence-corrected chi connectivity index (χ4v) is 4.13. The van der Waals surface area contributed by atoms with Gasteiger partial charge in [0.25, 0.3) is 5.91 Å². The number of aliphatic carboxylic acids is 1. The average Bonchev–Trinajstić information content (AvgIpc) is 2.68. The molecule has 0 unspecified atom stereocenters. The lowest BCUT2D eigenvalue weighted by Crippen LogP contribution is -2.51. The largest absolute Gasteiger partial charge is 0.481 e. The van der Waals surface area contributed by atoms with E-state index >= 15 is 0 Å². The quantitative estimate of drug-likeness (QED) is 0.874. The fraction of sp³-hybridized carbons (Fsp3) is 0.538. The molecule has 1 aromatic heterocycles. The second-order valence-corrected chi connectivity index (χ2v) is 7.39. The van der Waals surface area contributed by atoms with Crippen LogP contribution in [0.5, 0.6) is 0 Å². The Bertz CT molecular complexity index is 524. The first-order valence-corrected chi connectivity index (χ1v) is 7.98. The molecule has 1 heterocycles. The SMILES string of the molecule is O=C(O)CC1(NC(=O)c2cc(Cl)sc2Cl)CCCCC1. The lowest BCUT2D eigenvalue weighted by Gasteiger charge is -2.37. The van der Waals surface area contributed by atoms with E-state index in [1.54, 1.807) is 0 Å². The molecular weight excluding hydrogens is 321 g/mol. The minimum atomic E-state index is -0.901. The van der Waals surface area contributed by atoms with Gasteiger partial charge in [-0.1, -0.05) is 42.5 Å². The summed E-state index contributed by atoms with van der Waals surface area (Å²) < 4.78 is 0.768. The van der Waals surface area contributed by atoms with Crippen LogP contribution < -0.4 is 5.32 Å². The molecule has 0 bridgehead atoms. The van der Waals surface area contributed by atoms with Crippen LogP contribution in [0.2, 0.25) is 8.67 Å². The zero-order valence-electron chi connectivity index (χ0n) is 10.7. The molecule has 2 N–H and O–H groups in total. The Labute approximate surface area is 131 Å². The molecule has 0 spiro atoms. The molecule has 7 heteroatoms. The molecule has 2 rings (SSSR count). The van der Waals surface area contributed by atoms with Crippen molar-refractivity contribution < 1.29 is 14.7 Å². The number of hydrogen-bond acceptors (Lipinski definition) is 3. The van der Waals surface area contributed by atoms with Crippen molar-refractivity contribution in [2.24, 2.45) is 0 Å². The van der Waals surface area contributed by atoms with Gasteiger partial charge in [0.05, 0.1) is 21.9 Å². The van der Waals surface area contributed by atoms with Crippen molar-refractivity contribution in [3.05, 3.63) is 20.3 Å². The monoisotopic (exact) mass is 335 g/mol. The van der Waals surface area contributed by atoms with Gasteiger partial charge in [0.1, 0.15) is 4.34 Å².